The van der Waals surface area contributed by atoms with Crippen molar-refractivity contribution in [3.63, 3.8) is 0 Å². The van der Waals surface area contributed by atoms with Gasteiger partial charge >= 0.3 is 24.3 Å². The standard InChI is InChI=1S/C21H19FN4.C21H17FN4.C14H11ClFN.C8H9Cl2NO.C8H7Cl2N.C7H5Cl2NO2.C7H7N3.C6H6BFO2.C3H3ClO3.ClH/c2*1-13(2)16-7-8-18(14-3-5-15(22)6-4-14)25-21(16)26-19-10-12-24-20-17(19)9-11-23-20;1-9(2)12-7-8-13(17-14(12)15)10-3-5-11(16)6-4-10;1-8(2,12)5-3-4-6(9)11-7(5)10;1-5(2)6-3-4-7(9)11-8(6)10;1-12-7(11)4-2-3-5(8)10-6(4)9;8-6-2-4-10-7-5(6)1-3-9-7;8-6-3-1-5(2-4-6)7(9)10;1-7-3(6)2(4)5;/h3-13H,1-2H3,(H2,23,24,25,26);3-12H,1H2,2H3,(H2,23,24,25,26);3-8H,1H2,2H3;3-4,12H,1-2H3;3-4H,1H2,2H3;2-3H,1H3;1-4H,(H3,8,9,10);1-4,9-10H;1H3;1H. The largest absolute Gasteiger partial charge is 0.488 e. The third-order valence-corrected chi connectivity index (χ3v) is 20.0. The van der Waals surface area contributed by atoms with Gasteiger partial charge in [-0.3, -0.25) is 4.79 Å². The topological polar surface area (TPSA) is 344 Å². The fraction of sp³-hybridized carbons (Fsp3) is 0.116. The van der Waals surface area contributed by atoms with E-state index < -0.39 is 29.9 Å². The van der Waals surface area contributed by atoms with E-state index in [2.05, 4.69) is 121 Å². The number of nitrogen functional groups attached to an aromatic ring is 1. The van der Waals surface area contributed by atoms with Crippen molar-refractivity contribution in [3.8, 4) is 33.8 Å². The zero-order valence-corrected chi connectivity index (χ0v) is 78.7. The number of anilines is 5. The molecule has 0 aliphatic rings. The van der Waals surface area contributed by atoms with Crippen LogP contribution in [0.4, 0.5) is 46.3 Å². The maximum absolute atomic E-state index is 13.2. The van der Waals surface area contributed by atoms with Crippen LogP contribution in [-0.4, -0.2) is 113 Å². The van der Waals surface area contributed by atoms with Crippen LogP contribution in [-0.2, 0) is 24.7 Å². The Labute approximate surface area is 804 Å². The lowest BCUT2D eigenvalue weighted by Gasteiger charge is -2.18. The van der Waals surface area contributed by atoms with Gasteiger partial charge in [0.05, 0.1) is 53.8 Å². The van der Waals surface area contributed by atoms with Crippen molar-refractivity contribution < 1.29 is 56.6 Å². The number of allylic oxidation sites excluding steroid dienone is 3. The second-order valence-corrected chi connectivity index (χ2v) is 31.5. The zero-order chi connectivity index (χ0) is 95.9. The number of fused-ring (bicyclic) bond motifs is 3. The summed E-state index contributed by atoms with van der Waals surface area (Å²) in [6, 6.07) is 56.7. The van der Waals surface area contributed by atoms with Crippen LogP contribution in [0.3, 0.4) is 0 Å². The predicted molar refractivity (Wildman–Crippen MR) is 527 cm³/mol. The molecule has 0 fully saturated rings. The first kappa shape index (κ1) is 106. The molecule has 16 aromatic rings. The summed E-state index contributed by atoms with van der Waals surface area (Å²) in [4.78, 5) is 77.5. The minimum atomic E-state index is -1.51. The van der Waals surface area contributed by atoms with Gasteiger partial charge in [0.15, 0.2) is 0 Å². The minimum absolute atomic E-state index is 0. The smallest absolute Gasteiger partial charge is 0.465 e. The quantitative estimate of drug-likeness (QED) is 0.0115. The first-order valence-electron chi connectivity index (χ1n) is 38.9. The van der Waals surface area contributed by atoms with E-state index in [1.165, 1.54) is 79.9 Å². The molecular formula is C95H85BCl9F4N15O8. The molecule has 682 valence electrons. The Balaban J connectivity index is 0.000000210. The van der Waals surface area contributed by atoms with E-state index >= 15 is 0 Å². The monoisotopic (exact) mass is 1970 g/mol. The third-order valence-electron chi connectivity index (χ3n) is 18.0. The molecule has 23 nitrogen and oxygen atoms in total. The third kappa shape index (κ3) is 31.8. The maximum Gasteiger partial charge on any atom is 0.488 e. The fourth-order valence-electron chi connectivity index (χ4n) is 11.4. The molecule has 0 unspecified atom stereocenters. The molecule has 4 aromatic carbocycles. The normalized spacial score (nSPS) is 10.3. The number of nitrogens with two attached hydrogens (primary N) is 1. The Morgan fingerprint density at radius 2 is 0.803 bits per heavy atom. The molecule has 16 rings (SSSR count). The van der Waals surface area contributed by atoms with E-state index in [9.17, 15) is 37.1 Å². The van der Waals surface area contributed by atoms with Gasteiger partial charge in [0.25, 0.3) is 0 Å². The number of hydrogen-bond acceptors (Lipinski definition) is 20. The zero-order valence-electron chi connectivity index (χ0n) is 71.8. The van der Waals surface area contributed by atoms with Crippen molar-refractivity contribution in [2.24, 2.45) is 0 Å². The number of carbonyl (C=O) groups is 3. The molecule has 132 heavy (non-hydrogen) atoms. The molecule has 37 heteroatoms. The molecule has 0 saturated carbocycles. The van der Waals surface area contributed by atoms with Crippen LogP contribution in [0.15, 0.2) is 263 Å². The van der Waals surface area contributed by atoms with Gasteiger partial charge in [-0.25, -0.2) is 72.0 Å². The molecule has 0 bridgehead atoms. The Morgan fingerprint density at radius 1 is 0.447 bits per heavy atom. The lowest BCUT2D eigenvalue weighted by atomic mass is 9.80. The highest BCUT2D eigenvalue weighted by atomic mass is 35.5. The van der Waals surface area contributed by atoms with Gasteiger partial charge in [-0.05, 0) is 262 Å². The Morgan fingerprint density at radius 3 is 1.17 bits per heavy atom. The van der Waals surface area contributed by atoms with Crippen LogP contribution in [0.5, 0.6) is 0 Å². The summed E-state index contributed by atoms with van der Waals surface area (Å²) in [6.45, 7) is 24.9. The molecule has 0 aliphatic carbocycles. The molecule has 0 aliphatic heterocycles. The molecule has 0 radical (unpaired) electrons. The van der Waals surface area contributed by atoms with Crippen LogP contribution >= 0.6 is 105 Å². The summed E-state index contributed by atoms with van der Waals surface area (Å²) >= 11 is 44.5. The summed E-state index contributed by atoms with van der Waals surface area (Å²) in [5.74, 6) is -0.900. The number of nitrogens with one attached hydrogen (secondary N) is 5. The van der Waals surface area contributed by atoms with E-state index in [-0.39, 0.29) is 56.7 Å². The first-order valence-corrected chi connectivity index (χ1v) is 41.9. The van der Waals surface area contributed by atoms with Crippen LogP contribution in [0.2, 0.25) is 36.1 Å². The SMILES string of the molecule is C=C(C)c1ccc(-c2ccc(F)cc2)nc1Cl.C=C(C)c1ccc(-c2ccc(F)cc2)nc1Nc1ccnc2[nH]ccc12.C=C(C)c1ccc(Cl)nc1Cl.CC(C)(O)c1ccc(Cl)nc1Cl.CC(C)c1ccc(-c2ccc(F)cc2)nc1Nc1ccnc2[nH]ccc12.COC(=O)C(=O)Cl.COC(=O)c1ccc(Cl)nc1Cl.Cl.Nc1ccnc2[nH]ccc12.OB(O)c1ccc(F)cc1. The number of benzene rings is 4. The van der Waals surface area contributed by atoms with Crippen molar-refractivity contribution in [1.29, 1.82) is 0 Å². The first-order chi connectivity index (χ1) is 62.2. The summed E-state index contributed by atoms with van der Waals surface area (Å²) in [5, 5.41) is 37.5. The molecule has 0 saturated heterocycles. The summed E-state index contributed by atoms with van der Waals surface area (Å²) in [5.41, 5.74) is 22.1. The number of rotatable bonds is 15. The van der Waals surface area contributed by atoms with E-state index in [0.29, 0.717) is 43.4 Å². The van der Waals surface area contributed by atoms with Gasteiger partial charge in [-0.1, -0.05) is 139 Å². The average Bonchev–Trinajstić information content (AvgIpc) is 0.885. The van der Waals surface area contributed by atoms with E-state index in [0.717, 1.165) is 136 Å². The Hall–Kier alpha value is -12.6. The maximum atomic E-state index is 13.2. The summed E-state index contributed by atoms with van der Waals surface area (Å²) in [6.07, 6.45) is 10.7. The number of ether oxygens (including phenoxy) is 2. The fourth-order valence-corrected chi connectivity index (χ4v) is 13.3. The Bertz CT molecular complexity index is 6640. The van der Waals surface area contributed by atoms with Gasteiger partial charge in [-0.2, -0.15) is 0 Å². The number of hydrogen-bond donors (Lipinski definition) is 9. The number of esters is 2. The number of aromatic nitrogens is 12. The van der Waals surface area contributed by atoms with Crippen molar-refractivity contribution in [2.75, 3.05) is 30.6 Å². The number of pyridine rings is 9. The van der Waals surface area contributed by atoms with E-state index in [1.807, 2.05) is 100 Å². The van der Waals surface area contributed by atoms with Gasteiger partial charge in [0.1, 0.15) is 87.9 Å². The molecular weight excluding hydrogens is 1890 g/mol. The van der Waals surface area contributed by atoms with Gasteiger partial charge < -0.3 is 55.9 Å². The van der Waals surface area contributed by atoms with Crippen molar-refractivity contribution in [1.82, 2.24) is 59.8 Å². The minimum Gasteiger partial charge on any atom is -0.465 e. The lowest BCUT2D eigenvalue weighted by molar-refractivity contribution is -0.148. The molecule has 0 amide bonds. The summed E-state index contributed by atoms with van der Waals surface area (Å²) in [7, 11) is 0.844. The van der Waals surface area contributed by atoms with Crippen LogP contribution in [0.1, 0.15) is 92.6 Å². The molecule has 0 atom stereocenters. The number of methoxy groups -OCH3 is 2. The highest BCUT2D eigenvalue weighted by Gasteiger charge is 2.22. The van der Waals surface area contributed by atoms with Gasteiger partial charge in [0, 0.05) is 98.0 Å². The molecule has 12 aromatic heterocycles. The van der Waals surface area contributed by atoms with Crippen molar-refractivity contribution in [2.45, 2.75) is 60.0 Å². The number of nitrogens with zero attached hydrogens (tertiary/aromatic N) is 9. The molecule has 0 spiro atoms. The van der Waals surface area contributed by atoms with E-state index in [4.69, 9.17) is 107 Å². The van der Waals surface area contributed by atoms with Crippen LogP contribution in [0.25, 0.3) is 83.6 Å². The van der Waals surface area contributed by atoms with E-state index in [1.54, 1.807) is 99.2 Å². The van der Waals surface area contributed by atoms with Crippen LogP contribution < -0.4 is 21.8 Å². The van der Waals surface area contributed by atoms with Gasteiger partial charge in [-0.15, -0.1) is 12.4 Å². The summed E-state index contributed by atoms with van der Waals surface area (Å²) < 4.78 is 59.7. The number of H-pyrrole nitrogens is 3. The van der Waals surface area contributed by atoms with Crippen molar-refractivity contribution in [3.05, 3.63) is 356 Å². The Kier molecular flexibility index (Phi) is 41.3. The lowest BCUT2D eigenvalue weighted by Crippen LogP contribution is -2.29. The highest BCUT2D eigenvalue weighted by molar-refractivity contribution is 6.80. The number of aromatic amines is 3. The number of aliphatic hydroxyl groups is 1. The van der Waals surface area contributed by atoms with Crippen molar-refractivity contribution >= 4 is 213 Å². The molecule has 12 heterocycles. The van der Waals surface area contributed by atoms with Gasteiger partial charge in [0.2, 0.25) is 0 Å². The predicted octanol–water partition coefficient (Wildman–Crippen LogP) is 25.0. The second-order valence-electron chi connectivity index (χ2n) is 28.5. The second kappa shape index (κ2) is 51.2. The average molecular weight is 1970 g/mol. The number of carbonyl (C=O) groups excluding carboxylic acids is 3. The van der Waals surface area contributed by atoms with Crippen LogP contribution in [0, 0.1) is 23.3 Å². The number of halogens is 13. The highest BCUT2D eigenvalue weighted by Crippen LogP contribution is 2.35. The molecule has 10 N–H and O–H groups in total.